The third-order valence-corrected chi connectivity index (χ3v) is 3.33. The summed E-state index contributed by atoms with van der Waals surface area (Å²) in [5.41, 5.74) is 2.12. The van der Waals surface area contributed by atoms with Gasteiger partial charge in [-0.25, -0.2) is 4.39 Å². The zero-order valence-electron chi connectivity index (χ0n) is 11.3. The lowest BCUT2D eigenvalue weighted by Gasteiger charge is -2.25. The summed E-state index contributed by atoms with van der Waals surface area (Å²) in [4.78, 5) is 3.95. The van der Waals surface area contributed by atoms with Gasteiger partial charge in [-0.15, -0.1) is 0 Å². The minimum atomic E-state index is -0.291. The Bertz CT molecular complexity index is 513. The number of pyridine rings is 1. The van der Waals surface area contributed by atoms with Crippen LogP contribution in [0, 0.1) is 5.82 Å². The highest BCUT2D eigenvalue weighted by atomic mass is 19.1. The van der Waals surface area contributed by atoms with Gasteiger partial charge >= 0.3 is 0 Å². The van der Waals surface area contributed by atoms with Gasteiger partial charge in [0, 0.05) is 18.2 Å². The number of hydrogen-bond donors (Lipinski definition) is 1. The number of nitrogens with zero attached hydrogens (tertiary/aromatic N) is 1. The minimum Gasteiger partial charge on any atom is -0.310 e. The van der Waals surface area contributed by atoms with Crippen molar-refractivity contribution in [1.82, 2.24) is 10.3 Å². The lowest BCUT2D eigenvalue weighted by Crippen LogP contribution is -2.26. The molecule has 0 bridgehead atoms. The van der Waals surface area contributed by atoms with Gasteiger partial charge in [-0.1, -0.05) is 44.2 Å². The van der Waals surface area contributed by atoms with E-state index in [9.17, 15) is 4.39 Å². The molecular formula is C16H19FN2. The Morgan fingerprint density at radius 3 is 2.53 bits per heavy atom. The molecule has 0 aliphatic heterocycles. The zero-order valence-corrected chi connectivity index (χ0v) is 11.3. The Labute approximate surface area is 113 Å². The first-order valence-electron chi connectivity index (χ1n) is 6.61. The Morgan fingerprint density at radius 1 is 1.16 bits per heavy atom. The molecule has 1 aromatic heterocycles. The lowest BCUT2D eigenvalue weighted by molar-refractivity contribution is 0.474. The van der Waals surface area contributed by atoms with Crippen LogP contribution in [0.25, 0.3) is 0 Å². The molecule has 0 spiro atoms. The molecule has 0 saturated heterocycles. The van der Waals surface area contributed by atoms with E-state index in [0.717, 1.165) is 12.1 Å². The summed E-state index contributed by atoms with van der Waals surface area (Å²) >= 11 is 0. The zero-order chi connectivity index (χ0) is 13.7. The summed E-state index contributed by atoms with van der Waals surface area (Å²) in [6.45, 7) is 5.03. The summed E-state index contributed by atoms with van der Waals surface area (Å²) in [5, 5.41) is 3.42. The monoisotopic (exact) mass is 258 g/mol. The summed E-state index contributed by atoms with van der Waals surface area (Å²) in [5.74, 6) is -0.0367. The number of hydrogen-bond acceptors (Lipinski definition) is 2. The van der Waals surface area contributed by atoms with E-state index in [1.54, 1.807) is 12.3 Å². The molecule has 3 heteroatoms. The van der Waals surface area contributed by atoms with Crippen LogP contribution >= 0.6 is 0 Å². The molecule has 2 rings (SSSR count). The van der Waals surface area contributed by atoms with Crippen LogP contribution < -0.4 is 5.32 Å². The summed E-state index contributed by atoms with van der Waals surface area (Å²) in [6.07, 6.45) is 2.97. The largest absolute Gasteiger partial charge is 0.310 e. The average molecular weight is 258 g/mol. The van der Waals surface area contributed by atoms with Gasteiger partial charge in [-0.05, 0) is 23.7 Å². The second-order valence-corrected chi connectivity index (χ2v) is 4.67. The van der Waals surface area contributed by atoms with Crippen molar-refractivity contribution < 1.29 is 4.39 Å². The maximum Gasteiger partial charge on any atom is 0.141 e. The standard InChI is InChI=1S/C16H19FN2/c1-3-19-16(14-9-15(17)11-18-10-14)12(2)13-7-5-4-6-8-13/h4-12,16,19H,3H2,1-2H3. The smallest absolute Gasteiger partial charge is 0.141 e. The number of aromatic nitrogens is 1. The molecule has 19 heavy (non-hydrogen) atoms. The molecule has 2 unspecified atom stereocenters. The fourth-order valence-corrected chi connectivity index (χ4v) is 2.35. The first kappa shape index (κ1) is 13.7. The van der Waals surface area contributed by atoms with Crippen LogP contribution in [0.5, 0.6) is 0 Å². The van der Waals surface area contributed by atoms with E-state index in [0.29, 0.717) is 0 Å². The fraction of sp³-hybridized carbons (Fsp3) is 0.312. The quantitative estimate of drug-likeness (QED) is 0.885. The van der Waals surface area contributed by atoms with E-state index in [2.05, 4.69) is 36.3 Å². The number of halogens is 1. The molecule has 0 amide bonds. The molecule has 1 aromatic carbocycles. The SMILES string of the molecule is CCNC(c1cncc(F)c1)C(C)c1ccccc1. The molecule has 0 radical (unpaired) electrons. The average Bonchev–Trinajstić information content (AvgIpc) is 2.45. The van der Waals surface area contributed by atoms with Crippen LogP contribution in [-0.4, -0.2) is 11.5 Å². The van der Waals surface area contributed by atoms with Crippen molar-refractivity contribution in [2.45, 2.75) is 25.8 Å². The number of nitrogens with one attached hydrogen (secondary N) is 1. The van der Waals surface area contributed by atoms with Gasteiger partial charge in [0.05, 0.1) is 6.20 Å². The molecule has 2 aromatic rings. The van der Waals surface area contributed by atoms with Crippen LogP contribution in [0.2, 0.25) is 0 Å². The van der Waals surface area contributed by atoms with Gasteiger partial charge in [0.15, 0.2) is 0 Å². The van der Waals surface area contributed by atoms with Crippen LogP contribution in [-0.2, 0) is 0 Å². The van der Waals surface area contributed by atoms with Crippen molar-refractivity contribution >= 4 is 0 Å². The van der Waals surface area contributed by atoms with Gasteiger partial charge in [0.1, 0.15) is 5.82 Å². The highest BCUT2D eigenvalue weighted by molar-refractivity contribution is 5.26. The highest BCUT2D eigenvalue weighted by Gasteiger charge is 2.20. The number of rotatable bonds is 5. The fourth-order valence-electron chi connectivity index (χ4n) is 2.35. The van der Waals surface area contributed by atoms with E-state index < -0.39 is 0 Å². The van der Waals surface area contributed by atoms with Crippen molar-refractivity contribution in [2.24, 2.45) is 0 Å². The van der Waals surface area contributed by atoms with Crippen LogP contribution in [0.15, 0.2) is 48.8 Å². The van der Waals surface area contributed by atoms with E-state index in [1.807, 2.05) is 18.2 Å². The maximum absolute atomic E-state index is 13.3. The first-order valence-corrected chi connectivity index (χ1v) is 6.61. The van der Waals surface area contributed by atoms with Crippen molar-refractivity contribution in [3.05, 3.63) is 65.7 Å². The van der Waals surface area contributed by atoms with Gasteiger partial charge in [-0.2, -0.15) is 0 Å². The maximum atomic E-state index is 13.3. The van der Waals surface area contributed by atoms with Crippen molar-refractivity contribution in [2.75, 3.05) is 6.54 Å². The molecule has 1 heterocycles. The molecule has 0 saturated carbocycles. The highest BCUT2D eigenvalue weighted by Crippen LogP contribution is 2.30. The molecule has 0 fully saturated rings. The normalized spacial score (nSPS) is 14.1. The van der Waals surface area contributed by atoms with E-state index in [-0.39, 0.29) is 17.8 Å². The minimum absolute atomic E-state index is 0.0654. The predicted octanol–water partition coefficient (Wildman–Crippen LogP) is 3.68. The summed E-state index contributed by atoms with van der Waals surface area (Å²) < 4.78 is 13.3. The topological polar surface area (TPSA) is 24.9 Å². The number of likely N-dealkylation sites (N-methyl/N-ethyl adjacent to an activating group) is 1. The second kappa shape index (κ2) is 6.43. The lowest BCUT2D eigenvalue weighted by atomic mass is 9.89. The third-order valence-electron chi connectivity index (χ3n) is 3.33. The molecule has 2 atom stereocenters. The second-order valence-electron chi connectivity index (χ2n) is 4.67. The Kier molecular flexibility index (Phi) is 4.63. The Morgan fingerprint density at radius 2 is 1.89 bits per heavy atom. The molecule has 100 valence electrons. The van der Waals surface area contributed by atoms with E-state index in [4.69, 9.17) is 0 Å². The van der Waals surface area contributed by atoms with Crippen LogP contribution in [0.3, 0.4) is 0 Å². The Hall–Kier alpha value is -1.74. The van der Waals surface area contributed by atoms with Gasteiger partial charge < -0.3 is 5.32 Å². The summed E-state index contributed by atoms with van der Waals surface area (Å²) in [7, 11) is 0. The molecule has 0 aliphatic carbocycles. The predicted molar refractivity (Wildman–Crippen MR) is 75.5 cm³/mol. The molecule has 0 aliphatic rings. The van der Waals surface area contributed by atoms with Gasteiger partial charge in [0.25, 0.3) is 0 Å². The molecular weight excluding hydrogens is 239 g/mol. The summed E-state index contributed by atoms with van der Waals surface area (Å²) in [6, 6.07) is 11.9. The van der Waals surface area contributed by atoms with Crippen molar-refractivity contribution in [1.29, 1.82) is 0 Å². The van der Waals surface area contributed by atoms with Gasteiger partial charge in [0.2, 0.25) is 0 Å². The van der Waals surface area contributed by atoms with E-state index >= 15 is 0 Å². The Balaban J connectivity index is 2.30. The third kappa shape index (κ3) is 3.38. The van der Waals surface area contributed by atoms with Gasteiger partial charge in [-0.3, -0.25) is 4.98 Å². The van der Waals surface area contributed by atoms with E-state index in [1.165, 1.54) is 11.8 Å². The number of benzene rings is 1. The molecule has 1 N–H and O–H groups in total. The van der Waals surface area contributed by atoms with Crippen molar-refractivity contribution in [3.8, 4) is 0 Å². The van der Waals surface area contributed by atoms with Crippen LogP contribution in [0.4, 0.5) is 4.39 Å². The van der Waals surface area contributed by atoms with Crippen LogP contribution in [0.1, 0.15) is 36.9 Å². The molecule has 2 nitrogen and oxygen atoms in total. The first-order chi connectivity index (χ1) is 9.22. The van der Waals surface area contributed by atoms with Crippen molar-refractivity contribution in [3.63, 3.8) is 0 Å².